The Labute approximate surface area is 91.5 Å². The molecule has 0 unspecified atom stereocenters. The fraction of sp³-hybridized carbons (Fsp3) is 0.583. The predicted molar refractivity (Wildman–Crippen MR) is 61.6 cm³/mol. The van der Waals surface area contributed by atoms with Gasteiger partial charge in [-0.3, -0.25) is 9.88 Å². The van der Waals surface area contributed by atoms with E-state index in [1.807, 2.05) is 12.4 Å². The molecular formula is C12H19N3. The van der Waals surface area contributed by atoms with Crippen molar-refractivity contribution < 1.29 is 0 Å². The van der Waals surface area contributed by atoms with E-state index < -0.39 is 0 Å². The molecule has 1 saturated heterocycles. The van der Waals surface area contributed by atoms with Crippen molar-refractivity contribution in [2.24, 2.45) is 0 Å². The average Bonchev–Trinajstić information content (AvgIpc) is 2.25. The minimum Gasteiger partial charge on any atom is -0.311 e. The van der Waals surface area contributed by atoms with Crippen LogP contribution in [0.25, 0.3) is 0 Å². The normalized spacial score (nSPS) is 27.9. The van der Waals surface area contributed by atoms with Gasteiger partial charge in [0.2, 0.25) is 0 Å². The number of hydrogen-bond donors (Lipinski definition) is 1. The highest BCUT2D eigenvalue weighted by molar-refractivity contribution is 5.09. The zero-order chi connectivity index (χ0) is 10.7. The lowest BCUT2D eigenvalue weighted by molar-refractivity contribution is 0.139. The summed E-state index contributed by atoms with van der Waals surface area (Å²) in [5.41, 5.74) is 1.35. The van der Waals surface area contributed by atoms with Gasteiger partial charge in [0.25, 0.3) is 0 Å². The number of hydrogen-bond acceptors (Lipinski definition) is 3. The first kappa shape index (κ1) is 10.6. The molecule has 0 bridgehead atoms. The second kappa shape index (κ2) is 4.73. The van der Waals surface area contributed by atoms with Gasteiger partial charge in [0, 0.05) is 44.1 Å². The Kier molecular flexibility index (Phi) is 3.34. The third kappa shape index (κ3) is 2.76. The van der Waals surface area contributed by atoms with Gasteiger partial charge < -0.3 is 5.32 Å². The molecule has 1 aliphatic heterocycles. The summed E-state index contributed by atoms with van der Waals surface area (Å²) in [6.45, 7) is 7.77. The first-order chi connectivity index (χ1) is 7.25. The van der Waals surface area contributed by atoms with E-state index in [4.69, 9.17) is 0 Å². The molecule has 1 aromatic rings. The molecule has 82 valence electrons. The fourth-order valence-electron chi connectivity index (χ4n) is 2.04. The largest absolute Gasteiger partial charge is 0.311 e. The molecule has 0 aliphatic carbocycles. The molecule has 1 fully saturated rings. The lowest BCUT2D eigenvalue weighted by Crippen LogP contribution is -2.53. The first-order valence-corrected chi connectivity index (χ1v) is 5.62. The monoisotopic (exact) mass is 205 g/mol. The van der Waals surface area contributed by atoms with Crippen molar-refractivity contribution in [3.05, 3.63) is 30.1 Å². The third-order valence-electron chi connectivity index (χ3n) is 3.03. The van der Waals surface area contributed by atoms with Crippen molar-refractivity contribution in [1.82, 2.24) is 15.2 Å². The van der Waals surface area contributed by atoms with Crippen molar-refractivity contribution in [2.75, 3.05) is 13.1 Å². The van der Waals surface area contributed by atoms with E-state index in [0.29, 0.717) is 12.1 Å². The summed E-state index contributed by atoms with van der Waals surface area (Å²) >= 11 is 0. The summed E-state index contributed by atoms with van der Waals surface area (Å²) in [6.07, 6.45) is 3.73. The van der Waals surface area contributed by atoms with Gasteiger partial charge in [-0.2, -0.15) is 0 Å². The lowest BCUT2D eigenvalue weighted by atomic mass is 10.1. The van der Waals surface area contributed by atoms with Gasteiger partial charge in [0.15, 0.2) is 0 Å². The van der Waals surface area contributed by atoms with Crippen LogP contribution in [0.15, 0.2) is 24.5 Å². The summed E-state index contributed by atoms with van der Waals surface area (Å²) in [5, 5.41) is 3.49. The smallest absolute Gasteiger partial charge is 0.0271 e. The van der Waals surface area contributed by atoms with Crippen molar-refractivity contribution in [3.63, 3.8) is 0 Å². The Morgan fingerprint density at radius 1 is 1.40 bits per heavy atom. The van der Waals surface area contributed by atoms with Crippen LogP contribution in [0.5, 0.6) is 0 Å². The van der Waals surface area contributed by atoms with Gasteiger partial charge in [-0.25, -0.2) is 0 Å². The highest BCUT2D eigenvalue weighted by Gasteiger charge is 2.21. The summed E-state index contributed by atoms with van der Waals surface area (Å²) < 4.78 is 0. The van der Waals surface area contributed by atoms with Crippen LogP contribution < -0.4 is 5.32 Å². The van der Waals surface area contributed by atoms with E-state index in [9.17, 15) is 0 Å². The van der Waals surface area contributed by atoms with E-state index in [1.54, 1.807) is 0 Å². The number of rotatable bonds is 2. The Balaban J connectivity index is 1.98. The van der Waals surface area contributed by atoms with Crippen molar-refractivity contribution in [2.45, 2.75) is 32.5 Å². The van der Waals surface area contributed by atoms with Gasteiger partial charge in [0.05, 0.1) is 0 Å². The second-order valence-corrected chi connectivity index (χ2v) is 4.44. The molecule has 0 aromatic carbocycles. The Morgan fingerprint density at radius 2 is 2.13 bits per heavy atom. The van der Waals surface area contributed by atoms with Gasteiger partial charge in [-0.05, 0) is 31.5 Å². The molecule has 3 nitrogen and oxygen atoms in total. The number of pyridine rings is 1. The standard InChI is InChI=1S/C12H19N3/c1-10-8-15(11(2)7-14-10)9-12-3-5-13-6-4-12/h3-6,10-11,14H,7-9H2,1-2H3/t10-,11+/m0/s1. The van der Waals surface area contributed by atoms with E-state index in [2.05, 4.69) is 41.2 Å². The fourth-order valence-corrected chi connectivity index (χ4v) is 2.04. The summed E-state index contributed by atoms with van der Waals surface area (Å²) in [6, 6.07) is 5.41. The third-order valence-corrected chi connectivity index (χ3v) is 3.03. The summed E-state index contributed by atoms with van der Waals surface area (Å²) in [5.74, 6) is 0. The molecule has 2 rings (SSSR count). The molecular weight excluding hydrogens is 186 g/mol. The number of nitrogens with zero attached hydrogens (tertiary/aromatic N) is 2. The molecule has 15 heavy (non-hydrogen) atoms. The molecule has 0 spiro atoms. The number of aromatic nitrogens is 1. The van der Waals surface area contributed by atoms with Crippen LogP contribution in [0.1, 0.15) is 19.4 Å². The zero-order valence-electron chi connectivity index (χ0n) is 9.48. The van der Waals surface area contributed by atoms with Gasteiger partial charge in [-0.15, -0.1) is 0 Å². The molecule has 2 heterocycles. The van der Waals surface area contributed by atoms with E-state index in [1.165, 1.54) is 5.56 Å². The summed E-state index contributed by atoms with van der Waals surface area (Å²) in [7, 11) is 0. The number of nitrogens with one attached hydrogen (secondary N) is 1. The predicted octanol–water partition coefficient (Wildman–Crippen LogP) is 1.26. The van der Waals surface area contributed by atoms with Crippen LogP contribution in [-0.2, 0) is 6.54 Å². The molecule has 1 N–H and O–H groups in total. The minimum atomic E-state index is 0.600. The average molecular weight is 205 g/mol. The highest BCUT2D eigenvalue weighted by Crippen LogP contribution is 2.11. The van der Waals surface area contributed by atoms with Crippen molar-refractivity contribution in [3.8, 4) is 0 Å². The SMILES string of the molecule is C[C@@H]1CN[C@@H](C)CN1Cc1ccncc1. The topological polar surface area (TPSA) is 28.2 Å². The maximum atomic E-state index is 4.04. The maximum Gasteiger partial charge on any atom is 0.0271 e. The van der Waals surface area contributed by atoms with Crippen LogP contribution in [0.3, 0.4) is 0 Å². The molecule has 1 aliphatic rings. The van der Waals surface area contributed by atoms with Gasteiger partial charge >= 0.3 is 0 Å². The lowest BCUT2D eigenvalue weighted by Gasteiger charge is -2.37. The molecule has 0 radical (unpaired) electrons. The Morgan fingerprint density at radius 3 is 2.87 bits per heavy atom. The minimum absolute atomic E-state index is 0.600. The van der Waals surface area contributed by atoms with E-state index in [0.717, 1.165) is 19.6 Å². The van der Waals surface area contributed by atoms with Crippen LogP contribution in [0.2, 0.25) is 0 Å². The Bertz CT molecular complexity index is 299. The van der Waals surface area contributed by atoms with E-state index >= 15 is 0 Å². The second-order valence-electron chi connectivity index (χ2n) is 4.44. The molecule has 3 heteroatoms. The van der Waals surface area contributed by atoms with E-state index in [-0.39, 0.29) is 0 Å². The van der Waals surface area contributed by atoms with Crippen LogP contribution >= 0.6 is 0 Å². The zero-order valence-corrected chi connectivity index (χ0v) is 9.48. The Hall–Kier alpha value is -0.930. The molecule has 0 saturated carbocycles. The number of piperazine rings is 1. The first-order valence-electron chi connectivity index (χ1n) is 5.62. The molecule has 2 atom stereocenters. The van der Waals surface area contributed by atoms with Crippen molar-refractivity contribution >= 4 is 0 Å². The van der Waals surface area contributed by atoms with Crippen LogP contribution in [0, 0.1) is 0 Å². The van der Waals surface area contributed by atoms with Gasteiger partial charge in [-0.1, -0.05) is 0 Å². The van der Waals surface area contributed by atoms with Crippen LogP contribution in [0.4, 0.5) is 0 Å². The van der Waals surface area contributed by atoms with Gasteiger partial charge in [0.1, 0.15) is 0 Å². The quantitative estimate of drug-likeness (QED) is 0.788. The highest BCUT2D eigenvalue weighted by atomic mass is 15.2. The van der Waals surface area contributed by atoms with Crippen LogP contribution in [-0.4, -0.2) is 35.1 Å². The summed E-state index contributed by atoms with van der Waals surface area (Å²) in [4.78, 5) is 6.57. The molecule has 1 aromatic heterocycles. The molecule has 0 amide bonds. The van der Waals surface area contributed by atoms with Crippen molar-refractivity contribution in [1.29, 1.82) is 0 Å². The maximum absolute atomic E-state index is 4.04.